The summed E-state index contributed by atoms with van der Waals surface area (Å²) in [5.41, 5.74) is 0. The molecule has 1 aromatic rings. The molecule has 1 aliphatic rings. The molecule has 1 aliphatic carbocycles. The number of carbonyl (C=O) groups is 1. The van der Waals surface area contributed by atoms with E-state index in [0.29, 0.717) is 5.75 Å². The van der Waals surface area contributed by atoms with Gasteiger partial charge in [0.1, 0.15) is 11.9 Å². The molecule has 20 heavy (non-hydrogen) atoms. The third-order valence-corrected chi connectivity index (χ3v) is 3.42. The Morgan fingerprint density at radius 1 is 1.20 bits per heavy atom. The van der Waals surface area contributed by atoms with Gasteiger partial charge < -0.3 is 19.3 Å². The number of phenolic OH excluding ortho intramolecular Hbond substituents is 1. The van der Waals surface area contributed by atoms with Gasteiger partial charge in [-0.1, -0.05) is 12.8 Å². The van der Waals surface area contributed by atoms with Crippen LogP contribution in [0.2, 0.25) is 0 Å². The molecule has 0 unspecified atom stereocenters. The molecule has 0 amide bonds. The minimum absolute atomic E-state index is 0.0585. The fraction of sp³-hybridized carbons (Fsp3) is 0.533. The number of carbonyl (C=O) groups excluding carboxylic acids is 1. The zero-order valence-electron chi connectivity index (χ0n) is 11.6. The average Bonchev–Trinajstić information content (AvgIpc) is 2.67. The highest BCUT2D eigenvalue weighted by Gasteiger charge is 2.18. The second-order valence-electron chi connectivity index (χ2n) is 4.92. The van der Waals surface area contributed by atoms with Crippen LogP contribution in [0.5, 0.6) is 17.2 Å². The lowest BCUT2D eigenvalue weighted by Gasteiger charge is -2.15. The Balaban J connectivity index is 1.88. The summed E-state index contributed by atoms with van der Waals surface area (Å²) in [5.74, 6) is 0.490. The van der Waals surface area contributed by atoms with Crippen LogP contribution >= 0.6 is 0 Å². The zero-order valence-corrected chi connectivity index (χ0v) is 11.6. The van der Waals surface area contributed by atoms with E-state index >= 15 is 0 Å². The van der Waals surface area contributed by atoms with Crippen LogP contribution in [0.1, 0.15) is 38.5 Å². The van der Waals surface area contributed by atoms with Gasteiger partial charge in [-0.05, 0) is 37.8 Å². The maximum atomic E-state index is 11.7. The normalized spacial score (nSPS) is 16.2. The summed E-state index contributed by atoms with van der Waals surface area (Å²) >= 11 is 0. The molecule has 1 saturated carbocycles. The molecule has 1 aromatic carbocycles. The highest BCUT2D eigenvalue weighted by Crippen LogP contribution is 2.30. The van der Waals surface area contributed by atoms with E-state index in [2.05, 4.69) is 0 Å². The molecule has 0 radical (unpaired) electrons. The second-order valence-corrected chi connectivity index (χ2v) is 4.92. The molecule has 0 aliphatic heterocycles. The Morgan fingerprint density at radius 2 is 1.90 bits per heavy atom. The lowest BCUT2D eigenvalue weighted by atomic mass is 10.2. The predicted octanol–water partition coefficient (Wildman–Crippen LogP) is 3.64. The van der Waals surface area contributed by atoms with Gasteiger partial charge in [-0.3, -0.25) is 0 Å². The lowest BCUT2D eigenvalue weighted by molar-refractivity contribution is 0.0517. The molecule has 0 atom stereocenters. The van der Waals surface area contributed by atoms with Gasteiger partial charge in [0.25, 0.3) is 0 Å². The molecule has 0 saturated heterocycles. The summed E-state index contributed by atoms with van der Waals surface area (Å²) in [7, 11) is 1.45. The van der Waals surface area contributed by atoms with Gasteiger partial charge in [-0.15, -0.1) is 0 Å². The van der Waals surface area contributed by atoms with E-state index < -0.39 is 6.16 Å². The van der Waals surface area contributed by atoms with Crippen molar-refractivity contribution < 1.29 is 24.1 Å². The average molecular weight is 280 g/mol. The fourth-order valence-electron chi connectivity index (χ4n) is 2.35. The first-order valence-electron chi connectivity index (χ1n) is 6.94. The molecule has 0 bridgehead atoms. The van der Waals surface area contributed by atoms with Crippen molar-refractivity contribution in [3.8, 4) is 17.2 Å². The molecular weight excluding hydrogens is 260 g/mol. The highest BCUT2D eigenvalue weighted by molar-refractivity contribution is 5.64. The summed E-state index contributed by atoms with van der Waals surface area (Å²) in [6, 6.07) is 4.41. The third-order valence-electron chi connectivity index (χ3n) is 3.42. The molecule has 110 valence electrons. The molecule has 1 N–H and O–H groups in total. The summed E-state index contributed by atoms with van der Waals surface area (Å²) in [4.78, 5) is 11.7. The largest absolute Gasteiger partial charge is 0.514 e. The van der Waals surface area contributed by atoms with Gasteiger partial charge >= 0.3 is 6.16 Å². The standard InChI is InChI=1S/C15H20O5/c1-18-14-9-8-12(10-13(14)16)20-15(17)19-11-6-4-2-3-5-7-11/h8-11,16H,2-7H2,1H3. The predicted molar refractivity (Wildman–Crippen MR) is 73.3 cm³/mol. The number of methoxy groups -OCH3 is 1. The van der Waals surface area contributed by atoms with Crippen LogP contribution in [0.15, 0.2) is 18.2 Å². The van der Waals surface area contributed by atoms with E-state index in [4.69, 9.17) is 14.2 Å². The Morgan fingerprint density at radius 3 is 2.50 bits per heavy atom. The van der Waals surface area contributed by atoms with Crippen molar-refractivity contribution in [2.45, 2.75) is 44.6 Å². The van der Waals surface area contributed by atoms with Gasteiger partial charge in [0.15, 0.2) is 11.5 Å². The van der Waals surface area contributed by atoms with E-state index in [1.54, 1.807) is 6.07 Å². The Kier molecular flexibility index (Phi) is 5.09. The summed E-state index contributed by atoms with van der Waals surface area (Å²) < 4.78 is 15.3. The number of phenols is 1. The van der Waals surface area contributed by atoms with Crippen molar-refractivity contribution in [3.05, 3.63) is 18.2 Å². The summed E-state index contributed by atoms with van der Waals surface area (Å²) in [5, 5.41) is 9.61. The fourth-order valence-corrected chi connectivity index (χ4v) is 2.35. The first kappa shape index (κ1) is 14.5. The second kappa shape index (κ2) is 7.03. The van der Waals surface area contributed by atoms with Crippen LogP contribution in [-0.4, -0.2) is 24.5 Å². The number of aromatic hydroxyl groups is 1. The summed E-state index contributed by atoms with van der Waals surface area (Å²) in [6.45, 7) is 0. The Hall–Kier alpha value is -1.91. The molecule has 1 fully saturated rings. The molecule has 0 aromatic heterocycles. The van der Waals surface area contributed by atoms with Crippen LogP contribution < -0.4 is 9.47 Å². The summed E-state index contributed by atoms with van der Waals surface area (Å²) in [6.07, 6.45) is 5.56. The van der Waals surface area contributed by atoms with Crippen LogP contribution in [0.3, 0.4) is 0 Å². The number of benzene rings is 1. The van der Waals surface area contributed by atoms with Gasteiger partial charge in [-0.25, -0.2) is 4.79 Å². The Bertz CT molecular complexity index is 450. The molecule has 5 nitrogen and oxygen atoms in total. The quantitative estimate of drug-likeness (QED) is 0.520. The third kappa shape index (κ3) is 4.05. The van der Waals surface area contributed by atoms with Crippen molar-refractivity contribution in [2.24, 2.45) is 0 Å². The molecule has 2 rings (SSSR count). The maximum Gasteiger partial charge on any atom is 0.514 e. The molecule has 0 heterocycles. The van der Waals surface area contributed by atoms with Crippen LogP contribution in [-0.2, 0) is 4.74 Å². The van der Waals surface area contributed by atoms with Crippen LogP contribution in [0.4, 0.5) is 4.79 Å². The zero-order chi connectivity index (χ0) is 14.4. The lowest BCUT2D eigenvalue weighted by Crippen LogP contribution is -2.20. The van der Waals surface area contributed by atoms with Crippen molar-refractivity contribution in [1.82, 2.24) is 0 Å². The minimum atomic E-state index is -0.721. The first-order chi connectivity index (χ1) is 9.69. The molecule has 0 spiro atoms. The molecular formula is C15H20O5. The number of ether oxygens (including phenoxy) is 3. The smallest absolute Gasteiger partial charge is 0.504 e. The highest BCUT2D eigenvalue weighted by atomic mass is 16.7. The number of rotatable bonds is 3. The van der Waals surface area contributed by atoms with E-state index in [1.165, 1.54) is 32.1 Å². The van der Waals surface area contributed by atoms with Crippen LogP contribution in [0, 0.1) is 0 Å². The van der Waals surface area contributed by atoms with Crippen molar-refractivity contribution in [1.29, 1.82) is 0 Å². The number of hydrogen-bond acceptors (Lipinski definition) is 5. The van der Waals surface area contributed by atoms with Crippen molar-refractivity contribution in [3.63, 3.8) is 0 Å². The van der Waals surface area contributed by atoms with Gasteiger partial charge in [0.2, 0.25) is 0 Å². The van der Waals surface area contributed by atoms with Crippen molar-refractivity contribution in [2.75, 3.05) is 7.11 Å². The SMILES string of the molecule is COc1ccc(OC(=O)OC2CCCCCC2)cc1O. The maximum absolute atomic E-state index is 11.7. The monoisotopic (exact) mass is 280 g/mol. The minimum Gasteiger partial charge on any atom is -0.504 e. The van der Waals surface area contributed by atoms with Gasteiger partial charge in [-0.2, -0.15) is 0 Å². The topological polar surface area (TPSA) is 65.0 Å². The van der Waals surface area contributed by atoms with E-state index in [0.717, 1.165) is 25.7 Å². The van der Waals surface area contributed by atoms with Gasteiger partial charge in [0, 0.05) is 6.07 Å². The van der Waals surface area contributed by atoms with Crippen molar-refractivity contribution >= 4 is 6.16 Å². The Labute approximate surface area is 118 Å². The number of hydrogen-bond donors (Lipinski definition) is 1. The van der Waals surface area contributed by atoms with Crippen LogP contribution in [0.25, 0.3) is 0 Å². The van der Waals surface area contributed by atoms with Gasteiger partial charge in [0.05, 0.1) is 7.11 Å². The van der Waals surface area contributed by atoms with E-state index in [1.807, 2.05) is 0 Å². The van der Waals surface area contributed by atoms with E-state index in [-0.39, 0.29) is 17.6 Å². The molecule has 5 heteroatoms. The first-order valence-corrected chi connectivity index (χ1v) is 6.94. The van der Waals surface area contributed by atoms with E-state index in [9.17, 15) is 9.90 Å².